The van der Waals surface area contributed by atoms with Crippen molar-refractivity contribution in [2.75, 3.05) is 20.3 Å². The summed E-state index contributed by atoms with van der Waals surface area (Å²) in [6.45, 7) is 5.74. The number of amides is 1. The van der Waals surface area contributed by atoms with Crippen molar-refractivity contribution in [3.05, 3.63) is 70.4 Å². The zero-order valence-corrected chi connectivity index (χ0v) is 19.8. The average molecular weight is 515 g/mol. The summed E-state index contributed by atoms with van der Waals surface area (Å²) in [5.41, 5.74) is 4.47. The van der Waals surface area contributed by atoms with Gasteiger partial charge in [-0.25, -0.2) is 10.2 Å². The molecule has 0 aliphatic rings. The Morgan fingerprint density at radius 3 is 2.76 bits per heavy atom. The fourth-order valence-electron chi connectivity index (χ4n) is 3.03. The molecule has 172 valence electrons. The molecule has 9 heteroatoms. The normalized spacial score (nSPS) is 10.9. The van der Waals surface area contributed by atoms with E-state index in [2.05, 4.69) is 37.8 Å². The van der Waals surface area contributed by atoms with Crippen LogP contribution in [0.15, 0.2) is 63.0 Å². The standard InChI is InChI=1S/C24H23BrN2O6/c1-4-6-16-9-15(10-20(31-5-2)23(16)32-14-22(28)30-3)13-26-27-24(29)21-12-17-11-18(25)7-8-19(17)33-21/h4,7-13H,1,5-6,14H2,2-3H3,(H,27,29)/b26-13+. The molecule has 2 aromatic carbocycles. The molecule has 0 spiro atoms. The Kier molecular flexibility index (Phi) is 8.26. The van der Waals surface area contributed by atoms with Gasteiger partial charge in [-0.1, -0.05) is 22.0 Å². The quantitative estimate of drug-likeness (QED) is 0.183. The van der Waals surface area contributed by atoms with Crippen molar-refractivity contribution in [2.24, 2.45) is 5.10 Å². The first-order valence-corrected chi connectivity index (χ1v) is 10.9. The van der Waals surface area contributed by atoms with E-state index in [0.717, 1.165) is 15.4 Å². The van der Waals surface area contributed by atoms with Gasteiger partial charge in [-0.3, -0.25) is 4.79 Å². The lowest BCUT2D eigenvalue weighted by molar-refractivity contribution is -0.142. The van der Waals surface area contributed by atoms with E-state index in [1.165, 1.54) is 13.3 Å². The summed E-state index contributed by atoms with van der Waals surface area (Å²) in [6.07, 6.45) is 3.66. The van der Waals surface area contributed by atoms with Crippen LogP contribution >= 0.6 is 15.9 Å². The number of carbonyl (C=O) groups is 2. The second-order valence-corrected chi connectivity index (χ2v) is 7.71. The second kappa shape index (κ2) is 11.3. The molecule has 0 bridgehead atoms. The Morgan fingerprint density at radius 2 is 2.03 bits per heavy atom. The van der Waals surface area contributed by atoms with E-state index in [1.807, 2.05) is 25.1 Å². The van der Waals surface area contributed by atoms with Crippen LogP contribution in [0.25, 0.3) is 11.0 Å². The minimum atomic E-state index is -0.506. The Bertz CT molecular complexity index is 1200. The first-order valence-electron chi connectivity index (χ1n) is 10.1. The number of rotatable bonds is 10. The summed E-state index contributed by atoms with van der Waals surface area (Å²) in [5, 5.41) is 4.84. The van der Waals surface area contributed by atoms with E-state index in [0.29, 0.717) is 35.7 Å². The number of hydrazone groups is 1. The number of nitrogens with one attached hydrogen (secondary N) is 1. The van der Waals surface area contributed by atoms with Gasteiger partial charge in [0.05, 0.1) is 19.9 Å². The van der Waals surface area contributed by atoms with Crippen LogP contribution in [0.3, 0.4) is 0 Å². The highest BCUT2D eigenvalue weighted by molar-refractivity contribution is 9.10. The smallest absolute Gasteiger partial charge is 0.343 e. The molecule has 8 nitrogen and oxygen atoms in total. The van der Waals surface area contributed by atoms with Crippen LogP contribution in [0.5, 0.6) is 11.5 Å². The number of halogens is 1. The van der Waals surface area contributed by atoms with Crippen LogP contribution in [0.1, 0.15) is 28.6 Å². The summed E-state index contributed by atoms with van der Waals surface area (Å²) in [7, 11) is 1.29. The number of methoxy groups -OCH3 is 1. The van der Waals surface area contributed by atoms with Crippen LogP contribution in [-0.2, 0) is 16.0 Å². The Labute approximate surface area is 199 Å². The van der Waals surface area contributed by atoms with E-state index < -0.39 is 11.9 Å². The molecule has 0 aliphatic carbocycles. The summed E-state index contributed by atoms with van der Waals surface area (Å²) in [6, 6.07) is 10.6. The van der Waals surface area contributed by atoms with Crippen molar-refractivity contribution < 1.29 is 28.2 Å². The number of allylic oxidation sites excluding steroid dienone is 1. The third-order valence-corrected chi connectivity index (χ3v) is 4.96. The predicted molar refractivity (Wildman–Crippen MR) is 128 cm³/mol. The van der Waals surface area contributed by atoms with Gasteiger partial charge in [0.25, 0.3) is 0 Å². The highest BCUT2D eigenvalue weighted by atomic mass is 79.9. The van der Waals surface area contributed by atoms with Gasteiger partial charge < -0.3 is 18.6 Å². The molecular weight excluding hydrogens is 492 g/mol. The van der Waals surface area contributed by atoms with Crippen molar-refractivity contribution in [1.29, 1.82) is 0 Å². The molecule has 1 heterocycles. The van der Waals surface area contributed by atoms with E-state index in [9.17, 15) is 9.59 Å². The molecule has 0 unspecified atom stereocenters. The van der Waals surface area contributed by atoms with E-state index >= 15 is 0 Å². The molecule has 3 aromatic rings. The fourth-order valence-corrected chi connectivity index (χ4v) is 3.41. The van der Waals surface area contributed by atoms with E-state index in [-0.39, 0.29) is 12.4 Å². The summed E-state index contributed by atoms with van der Waals surface area (Å²) in [5.74, 6) is 0.0311. The molecule has 0 atom stereocenters. The third kappa shape index (κ3) is 6.23. The van der Waals surface area contributed by atoms with Crippen molar-refractivity contribution in [2.45, 2.75) is 13.3 Å². The largest absolute Gasteiger partial charge is 0.490 e. The number of esters is 1. The first-order chi connectivity index (χ1) is 15.9. The molecular formula is C24H23BrN2O6. The number of hydrogen-bond donors (Lipinski definition) is 1. The van der Waals surface area contributed by atoms with Gasteiger partial charge in [-0.05, 0) is 55.3 Å². The minimum Gasteiger partial charge on any atom is -0.490 e. The van der Waals surface area contributed by atoms with Crippen molar-refractivity contribution in [3.63, 3.8) is 0 Å². The van der Waals surface area contributed by atoms with Crippen molar-refractivity contribution in [3.8, 4) is 11.5 Å². The number of benzene rings is 2. The lowest BCUT2D eigenvalue weighted by atomic mass is 10.1. The molecule has 0 aliphatic heterocycles. The Balaban J connectivity index is 1.79. The molecule has 33 heavy (non-hydrogen) atoms. The van der Waals surface area contributed by atoms with Gasteiger partial charge in [0.1, 0.15) is 5.58 Å². The molecule has 1 N–H and O–H groups in total. The Hall–Kier alpha value is -3.59. The fraction of sp³-hybridized carbons (Fsp3) is 0.208. The SMILES string of the molecule is C=CCc1cc(/C=N/NC(=O)c2cc3cc(Br)ccc3o2)cc(OCC)c1OCC(=O)OC. The number of furan rings is 1. The second-order valence-electron chi connectivity index (χ2n) is 6.79. The van der Waals surface area contributed by atoms with Crippen LogP contribution in [-0.4, -0.2) is 38.4 Å². The molecule has 0 saturated carbocycles. The molecule has 1 amide bonds. The third-order valence-electron chi connectivity index (χ3n) is 4.46. The lowest BCUT2D eigenvalue weighted by Crippen LogP contribution is -2.17. The van der Waals surface area contributed by atoms with Crippen LogP contribution in [0, 0.1) is 0 Å². The number of fused-ring (bicyclic) bond motifs is 1. The number of ether oxygens (including phenoxy) is 3. The van der Waals surface area contributed by atoms with Gasteiger partial charge in [0.2, 0.25) is 0 Å². The van der Waals surface area contributed by atoms with Gasteiger partial charge in [-0.2, -0.15) is 5.10 Å². The zero-order valence-electron chi connectivity index (χ0n) is 18.2. The zero-order chi connectivity index (χ0) is 23.8. The maximum atomic E-state index is 12.4. The number of carbonyl (C=O) groups excluding carboxylic acids is 2. The average Bonchev–Trinajstić information content (AvgIpc) is 3.22. The van der Waals surface area contributed by atoms with Gasteiger partial charge in [0, 0.05) is 15.4 Å². The van der Waals surface area contributed by atoms with Crippen LogP contribution in [0.2, 0.25) is 0 Å². The lowest BCUT2D eigenvalue weighted by Gasteiger charge is -2.16. The maximum Gasteiger partial charge on any atom is 0.343 e. The molecule has 0 radical (unpaired) electrons. The molecule has 3 rings (SSSR count). The van der Waals surface area contributed by atoms with Gasteiger partial charge >= 0.3 is 11.9 Å². The van der Waals surface area contributed by atoms with Crippen LogP contribution in [0.4, 0.5) is 0 Å². The minimum absolute atomic E-state index is 0.147. The highest BCUT2D eigenvalue weighted by Crippen LogP contribution is 2.33. The molecule has 0 saturated heterocycles. The van der Waals surface area contributed by atoms with Crippen LogP contribution < -0.4 is 14.9 Å². The monoisotopic (exact) mass is 514 g/mol. The summed E-state index contributed by atoms with van der Waals surface area (Å²) in [4.78, 5) is 23.9. The van der Waals surface area contributed by atoms with Gasteiger partial charge in [0.15, 0.2) is 23.9 Å². The maximum absolute atomic E-state index is 12.4. The van der Waals surface area contributed by atoms with E-state index in [4.69, 9.17) is 13.9 Å². The predicted octanol–water partition coefficient (Wildman–Crippen LogP) is 4.64. The highest BCUT2D eigenvalue weighted by Gasteiger charge is 2.15. The Morgan fingerprint density at radius 1 is 1.21 bits per heavy atom. The summed E-state index contributed by atoms with van der Waals surface area (Å²) < 4.78 is 22.4. The van der Waals surface area contributed by atoms with Crippen molar-refractivity contribution >= 4 is 45.0 Å². The van der Waals surface area contributed by atoms with Gasteiger partial charge in [-0.15, -0.1) is 6.58 Å². The topological polar surface area (TPSA) is 99.4 Å². The number of hydrogen-bond acceptors (Lipinski definition) is 7. The number of nitrogens with zero attached hydrogens (tertiary/aromatic N) is 1. The van der Waals surface area contributed by atoms with Crippen molar-refractivity contribution in [1.82, 2.24) is 5.43 Å². The van der Waals surface area contributed by atoms with E-state index in [1.54, 1.807) is 24.3 Å². The first kappa shape index (κ1) is 24.1. The molecule has 1 aromatic heterocycles. The molecule has 0 fully saturated rings. The summed E-state index contributed by atoms with van der Waals surface area (Å²) >= 11 is 3.39.